The van der Waals surface area contributed by atoms with Crippen molar-refractivity contribution in [2.24, 2.45) is 0 Å². The average molecular weight is 335 g/mol. The van der Waals surface area contributed by atoms with Gasteiger partial charge in [-0.05, 0) is 68.2 Å². The van der Waals surface area contributed by atoms with E-state index in [9.17, 15) is 19.1 Å². The molecule has 6 heteroatoms. The molecule has 130 valence electrons. The number of alkyl carbamates (subject to hydrolysis) is 1. The molecule has 1 aliphatic carbocycles. The first-order valence-corrected chi connectivity index (χ1v) is 7.76. The van der Waals surface area contributed by atoms with Gasteiger partial charge >= 0.3 is 6.09 Å². The number of fused-ring (bicyclic) bond motifs is 1. The van der Waals surface area contributed by atoms with E-state index in [1.165, 1.54) is 6.07 Å². The maximum atomic E-state index is 14.2. The van der Waals surface area contributed by atoms with Gasteiger partial charge < -0.3 is 15.2 Å². The molecule has 0 fully saturated rings. The summed E-state index contributed by atoms with van der Waals surface area (Å²) in [6.45, 7) is 6.81. The van der Waals surface area contributed by atoms with Crippen molar-refractivity contribution >= 4 is 18.5 Å². The zero-order chi connectivity index (χ0) is 18.1. The smallest absolute Gasteiger partial charge is 0.407 e. The molecular formula is C18H22FNO4. The Balaban J connectivity index is 2.14. The molecule has 1 aromatic carbocycles. The lowest BCUT2D eigenvalue weighted by Gasteiger charge is -2.24. The van der Waals surface area contributed by atoms with Gasteiger partial charge in [0.1, 0.15) is 17.7 Å². The van der Waals surface area contributed by atoms with Crippen molar-refractivity contribution in [2.75, 3.05) is 0 Å². The highest BCUT2D eigenvalue weighted by atomic mass is 19.1. The lowest BCUT2D eigenvalue weighted by atomic mass is 9.98. The van der Waals surface area contributed by atoms with Crippen LogP contribution in [-0.2, 0) is 16.0 Å². The summed E-state index contributed by atoms with van der Waals surface area (Å²) in [5.41, 5.74) is 1.20. The Bertz CT molecular complexity index is 691. The number of halogens is 1. The fourth-order valence-electron chi connectivity index (χ4n) is 2.56. The molecule has 5 nitrogen and oxygen atoms in total. The van der Waals surface area contributed by atoms with E-state index < -0.39 is 29.7 Å². The van der Waals surface area contributed by atoms with Crippen LogP contribution in [0.3, 0.4) is 0 Å². The third kappa shape index (κ3) is 4.20. The highest BCUT2D eigenvalue weighted by molar-refractivity contribution is 5.86. The third-order valence-electron chi connectivity index (χ3n) is 3.69. The first-order valence-electron chi connectivity index (χ1n) is 7.76. The van der Waals surface area contributed by atoms with Gasteiger partial charge in [0.05, 0.1) is 12.1 Å². The molecular weight excluding hydrogens is 313 g/mol. The highest BCUT2D eigenvalue weighted by Gasteiger charge is 2.25. The minimum Gasteiger partial charge on any atom is -0.444 e. The molecule has 1 unspecified atom stereocenters. The Hall–Kier alpha value is -2.21. The SMILES string of the molecule is C[C@H](NC(=O)OC(C)(C)C)C(O)c1cc(F)c2c(c1)C=C(C=O)C2. The van der Waals surface area contributed by atoms with Crippen molar-refractivity contribution in [3.63, 3.8) is 0 Å². The fraction of sp³-hybridized carbons (Fsp3) is 0.444. The number of aliphatic hydroxyl groups is 1. The fourth-order valence-corrected chi connectivity index (χ4v) is 2.56. The van der Waals surface area contributed by atoms with Gasteiger partial charge in [0.2, 0.25) is 0 Å². The van der Waals surface area contributed by atoms with Crippen molar-refractivity contribution in [3.8, 4) is 0 Å². The molecule has 0 saturated carbocycles. The van der Waals surface area contributed by atoms with Crippen molar-refractivity contribution in [2.45, 2.75) is 51.9 Å². The quantitative estimate of drug-likeness (QED) is 0.830. The van der Waals surface area contributed by atoms with Crippen LogP contribution in [0, 0.1) is 5.82 Å². The van der Waals surface area contributed by atoms with Gasteiger partial charge in [0, 0.05) is 6.42 Å². The Morgan fingerprint density at radius 1 is 1.42 bits per heavy atom. The molecule has 24 heavy (non-hydrogen) atoms. The Morgan fingerprint density at radius 2 is 2.08 bits per heavy atom. The number of ether oxygens (including phenoxy) is 1. The number of aliphatic hydroxyl groups excluding tert-OH is 1. The van der Waals surface area contributed by atoms with E-state index >= 15 is 0 Å². The number of rotatable bonds is 4. The molecule has 2 atom stereocenters. The van der Waals surface area contributed by atoms with Gasteiger partial charge in [-0.25, -0.2) is 9.18 Å². The number of allylic oxidation sites excluding steroid dienone is 1. The summed E-state index contributed by atoms with van der Waals surface area (Å²) in [5.74, 6) is -0.473. The number of carbonyl (C=O) groups excluding carboxylic acids is 2. The van der Waals surface area contributed by atoms with Crippen LogP contribution in [0.5, 0.6) is 0 Å². The summed E-state index contributed by atoms with van der Waals surface area (Å²) >= 11 is 0. The Kier molecular flexibility index (Phi) is 5.08. The first-order chi connectivity index (χ1) is 11.1. The molecule has 0 saturated heterocycles. The van der Waals surface area contributed by atoms with Crippen LogP contribution >= 0.6 is 0 Å². The van der Waals surface area contributed by atoms with Gasteiger partial charge in [-0.15, -0.1) is 0 Å². The number of hydrogen-bond acceptors (Lipinski definition) is 4. The van der Waals surface area contributed by atoms with Gasteiger partial charge in [-0.3, -0.25) is 4.79 Å². The van der Waals surface area contributed by atoms with E-state index in [4.69, 9.17) is 4.74 Å². The number of hydrogen-bond donors (Lipinski definition) is 2. The molecule has 0 radical (unpaired) electrons. The Labute approximate surface area is 140 Å². The standard InChI is InChI=1S/C18H22FNO4/c1-10(20-17(23)24-18(2,3)4)16(22)13-7-12-5-11(9-21)6-14(12)15(19)8-13/h5,7-10,16,22H,6H2,1-4H3,(H,20,23)/t10-,16?/m0/s1. The lowest BCUT2D eigenvalue weighted by Crippen LogP contribution is -2.40. The maximum Gasteiger partial charge on any atom is 0.407 e. The number of aldehydes is 1. The number of amides is 1. The molecule has 2 N–H and O–H groups in total. The van der Waals surface area contributed by atoms with E-state index in [1.54, 1.807) is 39.8 Å². The van der Waals surface area contributed by atoms with Crippen LogP contribution < -0.4 is 5.32 Å². The molecule has 0 spiro atoms. The minimum atomic E-state index is -1.11. The average Bonchev–Trinajstić information content (AvgIpc) is 2.87. The molecule has 1 amide bonds. The van der Waals surface area contributed by atoms with Crippen molar-refractivity contribution in [1.29, 1.82) is 0 Å². The normalized spacial score (nSPS) is 16.0. The molecule has 0 bridgehead atoms. The van der Waals surface area contributed by atoms with E-state index in [1.807, 2.05) is 0 Å². The van der Waals surface area contributed by atoms with Gasteiger partial charge in [0.25, 0.3) is 0 Å². The first kappa shape index (κ1) is 18.1. The van der Waals surface area contributed by atoms with Crippen molar-refractivity contribution in [3.05, 3.63) is 40.2 Å². The summed E-state index contributed by atoms with van der Waals surface area (Å²) in [4.78, 5) is 22.6. The third-order valence-corrected chi connectivity index (χ3v) is 3.69. The topological polar surface area (TPSA) is 75.6 Å². The van der Waals surface area contributed by atoms with E-state index in [2.05, 4.69) is 5.32 Å². The molecule has 2 rings (SSSR count). The number of carbonyl (C=O) groups is 2. The summed E-state index contributed by atoms with van der Waals surface area (Å²) in [6.07, 6.45) is 0.799. The predicted molar refractivity (Wildman–Crippen MR) is 87.9 cm³/mol. The summed E-state index contributed by atoms with van der Waals surface area (Å²) in [5, 5.41) is 12.9. The van der Waals surface area contributed by atoms with E-state index in [0.29, 0.717) is 28.5 Å². The second kappa shape index (κ2) is 6.73. The number of benzene rings is 1. The van der Waals surface area contributed by atoms with E-state index in [0.717, 1.165) is 0 Å². The van der Waals surface area contributed by atoms with Crippen LogP contribution in [0.2, 0.25) is 0 Å². The zero-order valence-corrected chi connectivity index (χ0v) is 14.2. The predicted octanol–water partition coefficient (Wildman–Crippen LogP) is 2.91. The largest absolute Gasteiger partial charge is 0.444 e. The van der Waals surface area contributed by atoms with Gasteiger partial charge in [-0.1, -0.05) is 0 Å². The molecule has 0 aromatic heterocycles. The van der Waals surface area contributed by atoms with Gasteiger partial charge in [0.15, 0.2) is 0 Å². The van der Waals surface area contributed by atoms with Crippen LogP contribution in [0.1, 0.15) is 50.5 Å². The van der Waals surface area contributed by atoms with Crippen LogP contribution in [0.15, 0.2) is 17.7 Å². The molecule has 1 aliphatic rings. The highest BCUT2D eigenvalue weighted by Crippen LogP contribution is 2.30. The Morgan fingerprint density at radius 3 is 2.67 bits per heavy atom. The minimum absolute atomic E-state index is 0.257. The summed E-state index contributed by atoms with van der Waals surface area (Å²) in [7, 11) is 0. The van der Waals surface area contributed by atoms with Crippen LogP contribution in [0.25, 0.3) is 6.08 Å². The summed E-state index contributed by atoms with van der Waals surface area (Å²) in [6, 6.07) is 2.19. The van der Waals surface area contributed by atoms with Crippen LogP contribution in [-0.4, -0.2) is 29.1 Å². The van der Waals surface area contributed by atoms with E-state index in [-0.39, 0.29) is 6.42 Å². The number of nitrogens with one attached hydrogen (secondary N) is 1. The molecule has 0 aliphatic heterocycles. The molecule has 0 heterocycles. The lowest BCUT2D eigenvalue weighted by molar-refractivity contribution is -0.104. The van der Waals surface area contributed by atoms with Crippen molar-refractivity contribution in [1.82, 2.24) is 5.32 Å². The monoisotopic (exact) mass is 335 g/mol. The van der Waals surface area contributed by atoms with Crippen LogP contribution in [0.4, 0.5) is 9.18 Å². The summed E-state index contributed by atoms with van der Waals surface area (Å²) < 4.78 is 19.3. The second-order valence-electron chi connectivity index (χ2n) is 6.96. The zero-order valence-electron chi connectivity index (χ0n) is 14.2. The molecule has 1 aromatic rings. The van der Waals surface area contributed by atoms with Gasteiger partial charge in [-0.2, -0.15) is 0 Å². The second-order valence-corrected chi connectivity index (χ2v) is 6.96. The maximum absolute atomic E-state index is 14.2. The van der Waals surface area contributed by atoms with Crippen molar-refractivity contribution < 1.29 is 23.8 Å².